The SMILES string of the molecule is COc1ccc(NC(=O)[C@H](C)N2C[C@@H](C)O[C@@H](C)C2)cc1. The van der Waals surface area contributed by atoms with Crippen LogP contribution < -0.4 is 10.1 Å². The van der Waals surface area contributed by atoms with Gasteiger partial charge in [0, 0.05) is 18.8 Å². The van der Waals surface area contributed by atoms with E-state index >= 15 is 0 Å². The van der Waals surface area contributed by atoms with Crippen LogP contribution in [0.25, 0.3) is 0 Å². The van der Waals surface area contributed by atoms with Crippen LogP contribution in [0.3, 0.4) is 0 Å². The summed E-state index contributed by atoms with van der Waals surface area (Å²) in [7, 11) is 1.62. The van der Waals surface area contributed by atoms with E-state index < -0.39 is 0 Å². The minimum absolute atomic E-state index is 0.00136. The molecule has 1 N–H and O–H groups in total. The van der Waals surface area contributed by atoms with E-state index in [-0.39, 0.29) is 24.2 Å². The zero-order valence-corrected chi connectivity index (χ0v) is 13.1. The molecule has 1 aliphatic heterocycles. The van der Waals surface area contributed by atoms with Crippen molar-refractivity contribution in [2.24, 2.45) is 0 Å². The van der Waals surface area contributed by atoms with E-state index in [0.717, 1.165) is 24.5 Å². The average Bonchev–Trinajstić information content (AvgIpc) is 2.46. The lowest BCUT2D eigenvalue weighted by Gasteiger charge is -2.38. The maximum absolute atomic E-state index is 12.4. The summed E-state index contributed by atoms with van der Waals surface area (Å²) >= 11 is 0. The number of ether oxygens (including phenoxy) is 2. The lowest BCUT2D eigenvalue weighted by molar-refractivity contribution is -0.126. The number of hydrogen-bond acceptors (Lipinski definition) is 4. The highest BCUT2D eigenvalue weighted by Crippen LogP contribution is 2.17. The minimum atomic E-state index is -0.180. The molecule has 0 radical (unpaired) electrons. The van der Waals surface area contributed by atoms with E-state index in [9.17, 15) is 4.79 Å². The maximum Gasteiger partial charge on any atom is 0.241 e. The minimum Gasteiger partial charge on any atom is -0.497 e. The van der Waals surface area contributed by atoms with Gasteiger partial charge in [-0.25, -0.2) is 0 Å². The molecule has 0 spiro atoms. The van der Waals surface area contributed by atoms with Gasteiger partial charge >= 0.3 is 0 Å². The number of hydrogen-bond donors (Lipinski definition) is 1. The van der Waals surface area contributed by atoms with Crippen molar-refractivity contribution in [2.45, 2.75) is 39.0 Å². The molecule has 5 nitrogen and oxygen atoms in total. The summed E-state index contributed by atoms with van der Waals surface area (Å²) in [6, 6.07) is 7.17. The molecule has 3 atom stereocenters. The van der Waals surface area contributed by atoms with Crippen molar-refractivity contribution in [3.8, 4) is 5.75 Å². The van der Waals surface area contributed by atoms with E-state index in [0.29, 0.717) is 0 Å². The number of carbonyl (C=O) groups excluding carboxylic acids is 1. The molecule has 1 fully saturated rings. The average molecular weight is 292 g/mol. The molecule has 0 aromatic heterocycles. The van der Waals surface area contributed by atoms with Crippen LogP contribution in [-0.2, 0) is 9.53 Å². The van der Waals surface area contributed by atoms with Gasteiger partial charge in [0.15, 0.2) is 0 Å². The molecule has 1 saturated heterocycles. The van der Waals surface area contributed by atoms with E-state index in [4.69, 9.17) is 9.47 Å². The van der Waals surface area contributed by atoms with Gasteiger partial charge in [-0.2, -0.15) is 0 Å². The zero-order chi connectivity index (χ0) is 15.4. The monoisotopic (exact) mass is 292 g/mol. The van der Waals surface area contributed by atoms with E-state index in [2.05, 4.69) is 10.2 Å². The van der Waals surface area contributed by atoms with Gasteiger partial charge in [0.25, 0.3) is 0 Å². The fourth-order valence-corrected chi connectivity index (χ4v) is 2.62. The van der Waals surface area contributed by atoms with Crippen LogP contribution in [-0.4, -0.2) is 49.3 Å². The predicted octanol–water partition coefficient (Wildman–Crippen LogP) is 2.13. The Labute approximate surface area is 126 Å². The third-order valence-electron chi connectivity index (χ3n) is 3.73. The van der Waals surface area contributed by atoms with Crippen LogP contribution >= 0.6 is 0 Å². The van der Waals surface area contributed by atoms with Crippen LogP contribution in [0.4, 0.5) is 5.69 Å². The number of benzene rings is 1. The Morgan fingerprint density at radius 2 is 1.86 bits per heavy atom. The van der Waals surface area contributed by atoms with Gasteiger partial charge in [0.1, 0.15) is 5.75 Å². The normalized spacial score (nSPS) is 24.4. The van der Waals surface area contributed by atoms with Crippen LogP contribution in [0.5, 0.6) is 5.75 Å². The molecule has 2 rings (SSSR count). The summed E-state index contributed by atoms with van der Waals surface area (Å²) in [5, 5.41) is 2.94. The Morgan fingerprint density at radius 3 is 2.38 bits per heavy atom. The highest BCUT2D eigenvalue weighted by molar-refractivity contribution is 5.94. The van der Waals surface area contributed by atoms with Gasteiger partial charge in [-0.1, -0.05) is 0 Å². The Balaban J connectivity index is 1.95. The molecule has 1 aliphatic rings. The Kier molecular flexibility index (Phi) is 5.20. The van der Waals surface area contributed by atoms with Crippen molar-refractivity contribution in [1.82, 2.24) is 4.90 Å². The third kappa shape index (κ3) is 4.19. The maximum atomic E-state index is 12.4. The lowest BCUT2D eigenvalue weighted by atomic mass is 10.1. The molecule has 1 amide bonds. The first-order valence-corrected chi connectivity index (χ1v) is 7.34. The summed E-state index contributed by atoms with van der Waals surface area (Å²) in [6.07, 6.45) is 0.315. The molecule has 0 aliphatic carbocycles. The third-order valence-corrected chi connectivity index (χ3v) is 3.73. The smallest absolute Gasteiger partial charge is 0.241 e. The first kappa shape index (κ1) is 15.8. The Morgan fingerprint density at radius 1 is 1.29 bits per heavy atom. The number of rotatable bonds is 4. The van der Waals surface area contributed by atoms with Gasteiger partial charge in [0.2, 0.25) is 5.91 Å². The number of carbonyl (C=O) groups is 1. The molecule has 0 unspecified atom stereocenters. The van der Waals surface area contributed by atoms with Crippen molar-refractivity contribution in [2.75, 3.05) is 25.5 Å². The zero-order valence-electron chi connectivity index (χ0n) is 13.1. The van der Waals surface area contributed by atoms with Crippen molar-refractivity contribution in [3.63, 3.8) is 0 Å². The highest BCUT2D eigenvalue weighted by Gasteiger charge is 2.29. The standard InChI is InChI=1S/C16H24N2O3/c1-11-9-18(10-12(2)21-11)13(3)16(19)17-14-5-7-15(20-4)8-6-14/h5-8,11-13H,9-10H2,1-4H3,(H,17,19)/t11-,12+,13-/m0/s1. The molecule has 1 aromatic rings. The number of morpholine rings is 1. The first-order valence-electron chi connectivity index (χ1n) is 7.34. The number of nitrogens with zero attached hydrogens (tertiary/aromatic N) is 1. The van der Waals surface area contributed by atoms with E-state index in [1.165, 1.54) is 0 Å². The number of anilines is 1. The quantitative estimate of drug-likeness (QED) is 0.923. The van der Waals surface area contributed by atoms with Gasteiger partial charge in [-0.05, 0) is 45.0 Å². The number of nitrogens with one attached hydrogen (secondary N) is 1. The van der Waals surface area contributed by atoms with Crippen LogP contribution in [0, 0.1) is 0 Å². The topological polar surface area (TPSA) is 50.8 Å². The van der Waals surface area contributed by atoms with Gasteiger partial charge < -0.3 is 14.8 Å². The highest BCUT2D eigenvalue weighted by atomic mass is 16.5. The second-order valence-electron chi connectivity index (χ2n) is 5.60. The fourth-order valence-electron chi connectivity index (χ4n) is 2.62. The largest absolute Gasteiger partial charge is 0.497 e. The number of amides is 1. The van der Waals surface area contributed by atoms with Crippen molar-refractivity contribution < 1.29 is 14.3 Å². The van der Waals surface area contributed by atoms with Crippen LogP contribution in [0.2, 0.25) is 0 Å². The molecule has 116 valence electrons. The van der Waals surface area contributed by atoms with E-state index in [1.54, 1.807) is 7.11 Å². The van der Waals surface area contributed by atoms with E-state index in [1.807, 2.05) is 45.0 Å². The predicted molar refractivity (Wildman–Crippen MR) is 82.7 cm³/mol. The molecule has 0 bridgehead atoms. The van der Waals surface area contributed by atoms with Crippen LogP contribution in [0.1, 0.15) is 20.8 Å². The molecule has 5 heteroatoms. The van der Waals surface area contributed by atoms with Crippen molar-refractivity contribution in [1.29, 1.82) is 0 Å². The van der Waals surface area contributed by atoms with Gasteiger partial charge in [0.05, 0.1) is 25.4 Å². The second-order valence-corrected chi connectivity index (χ2v) is 5.60. The van der Waals surface area contributed by atoms with Crippen molar-refractivity contribution >= 4 is 11.6 Å². The summed E-state index contributed by atoms with van der Waals surface area (Å²) in [5.74, 6) is 0.776. The molecule has 21 heavy (non-hydrogen) atoms. The molecular formula is C16H24N2O3. The molecule has 1 aromatic carbocycles. The molecular weight excluding hydrogens is 268 g/mol. The summed E-state index contributed by atoms with van der Waals surface area (Å²) in [5.41, 5.74) is 0.780. The molecule has 0 saturated carbocycles. The first-order chi connectivity index (χ1) is 9.99. The van der Waals surface area contributed by atoms with Gasteiger partial charge in [-0.15, -0.1) is 0 Å². The second kappa shape index (κ2) is 6.91. The lowest BCUT2D eigenvalue weighted by Crippen LogP contribution is -2.52. The van der Waals surface area contributed by atoms with Gasteiger partial charge in [-0.3, -0.25) is 9.69 Å². The Bertz CT molecular complexity index is 465. The Hall–Kier alpha value is -1.59. The molecule has 1 heterocycles. The fraction of sp³-hybridized carbons (Fsp3) is 0.562. The van der Waals surface area contributed by atoms with Crippen LogP contribution in [0.15, 0.2) is 24.3 Å². The summed E-state index contributed by atoms with van der Waals surface area (Å²) < 4.78 is 10.8. The summed E-state index contributed by atoms with van der Waals surface area (Å²) in [4.78, 5) is 14.5. The van der Waals surface area contributed by atoms with Crippen molar-refractivity contribution in [3.05, 3.63) is 24.3 Å². The number of methoxy groups -OCH3 is 1. The summed E-state index contributed by atoms with van der Waals surface area (Å²) in [6.45, 7) is 7.57.